The van der Waals surface area contributed by atoms with Crippen LogP contribution in [0.5, 0.6) is 0 Å². The summed E-state index contributed by atoms with van der Waals surface area (Å²) in [7, 11) is 0. The van der Waals surface area contributed by atoms with Gasteiger partial charge in [-0.05, 0) is 13.3 Å². The Morgan fingerprint density at radius 2 is 2.21 bits per heavy atom. The fourth-order valence-electron chi connectivity index (χ4n) is 1.37. The number of nitro groups is 1. The van der Waals surface area contributed by atoms with Crippen molar-refractivity contribution in [1.29, 1.82) is 0 Å². The topological polar surface area (TPSA) is 72.2 Å². The van der Waals surface area contributed by atoms with Crippen LogP contribution in [0.15, 0.2) is 12.4 Å². The van der Waals surface area contributed by atoms with Gasteiger partial charge in [0.25, 0.3) is 0 Å². The van der Waals surface area contributed by atoms with Crippen LogP contribution in [0.4, 0.5) is 11.6 Å². The van der Waals surface area contributed by atoms with Crippen molar-refractivity contribution in [3.8, 4) is 0 Å². The minimum Gasteiger partial charge on any atom is -0.338 e. The van der Waals surface area contributed by atoms with E-state index in [4.69, 9.17) is 0 Å². The molecule has 1 aromatic heterocycles. The van der Waals surface area contributed by atoms with Gasteiger partial charge < -0.3 is 4.90 Å². The summed E-state index contributed by atoms with van der Waals surface area (Å²) in [6.07, 6.45) is 3.61. The molecule has 0 N–H and O–H groups in total. The van der Waals surface area contributed by atoms with Crippen molar-refractivity contribution in [2.45, 2.75) is 19.4 Å². The summed E-state index contributed by atoms with van der Waals surface area (Å²) in [5.74, 6) is 0.578. The summed E-state index contributed by atoms with van der Waals surface area (Å²) in [4.78, 5) is 19.8. The van der Waals surface area contributed by atoms with E-state index in [9.17, 15) is 10.1 Å². The van der Waals surface area contributed by atoms with E-state index in [1.165, 1.54) is 12.4 Å². The molecule has 1 fully saturated rings. The van der Waals surface area contributed by atoms with Crippen molar-refractivity contribution in [2.75, 3.05) is 11.4 Å². The Labute approximate surface area is 80.7 Å². The third-order valence-corrected chi connectivity index (χ3v) is 2.41. The third-order valence-electron chi connectivity index (χ3n) is 2.41. The lowest BCUT2D eigenvalue weighted by atomic mass is 10.1. The SMILES string of the molecule is C[C@H]1CCN1c1ncc([N+](=O)[O-])cn1. The standard InChI is InChI=1S/C8H10N4O2/c1-6-2-3-11(6)8-9-4-7(5-10-8)12(13)14/h4-6H,2-3H2,1H3/t6-/m0/s1. The molecule has 6 nitrogen and oxygen atoms in total. The number of anilines is 1. The van der Waals surface area contributed by atoms with Gasteiger partial charge >= 0.3 is 5.69 Å². The molecule has 0 spiro atoms. The van der Waals surface area contributed by atoms with E-state index in [-0.39, 0.29) is 5.69 Å². The highest BCUT2D eigenvalue weighted by molar-refractivity contribution is 5.37. The van der Waals surface area contributed by atoms with E-state index < -0.39 is 4.92 Å². The van der Waals surface area contributed by atoms with Crippen LogP contribution in [0.3, 0.4) is 0 Å². The molecule has 1 aromatic rings. The fourth-order valence-corrected chi connectivity index (χ4v) is 1.37. The molecular formula is C8H10N4O2. The molecule has 0 amide bonds. The molecule has 1 saturated heterocycles. The summed E-state index contributed by atoms with van der Waals surface area (Å²) in [5.41, 5.74) is -0.0677. The van der Waals surface area contributed by atoms with Gasteiger partial charge in [0.05, 0.1) is 4.92 Å². The minimum atomic E-state index is -0.497. The van der Waals surface area contributed by atoms with Crippen molar-refractivity contribution < 1.29 is 4.92 Å². The molecule has 1 atom stereocenters. The number of hydrogen-bond donors (Lipinski definition) is 0. The van der Waals surface area contributed by atoms with Crippen LogP contribution in [-0.4, -0.2) is 27.5 Å². The number of rotatable bonds is 2. The molecule has 1 aliphatic rings. The highest BCUT2D eigenvalue weighted by Crippen LogP contribution is 2.22. The summed E-state index contributed by atoms with van der Waals surface area (Å²) in [6.45, 7) is 3.01. The van der Waals surface area contributed by atoms with E-state index in [0.717, 1.165) is 13.0 Å². The van der Waals surface area contributed by atoms with Crippen LogP contribution >= 0.6 is 0 Å². The predicted octanol–water partition coefficient (Wildman–Crippen LogP) is 0.983. The molecule has 6 heteroatoms. The van der Waals surface area contributed by atoms with Crippen molar-refractivity contribution in [3.63, 3.8) is 0 Å². The van der Waals surface area contributed by atoms with Gasteiger partial charge in [-0.2, -0.15) is 0 Å². The first-order valence-electron chi connectivity index (χ1n) is 4.41. The minimum absolute atomic E-state index is 0.0677. The van der Waals surface area contributed by atoms with Crippen LogP contribution < -0.4 is 4.90 Å². The highest BCUT2D eigenvalue weighted by atomic mass is 16.6. The molecule has 0 radical (unpaired) electrons. The first kappa shape index (κ1) is 8.86. The van der Waals surface area contributed by atoms with Crippen molar-refractivity contribution >= 4 is 11.6 Å². The van der Waals surface area contributed by atoms with Gasteiger partial charge in [-0.15, -0.1) is 0 Å². The largest absolute Gasteiger partial charge is 0.338 e. The monoisotopic (exact) mass is 194 g/mol. The highest BCUT2D eigenvalue weighted by Gasteiger charge is 2.26. The van der Waals surface area contributed by atoms with Crippen LogP contribution in [0.2, 0.25) is 0 Å². The van der Waals surface area contributed by atoms with Gasteiger partial charge in [0.2, 0.25) is 5.95 Å². The Morgan fingerprint density at radius 1 is 1.57 bits per heavy atom. The van der Waals surface area contributed by atoms with Gasteiger partial charge in [-0.3, -0.25) is 10.1 Å². The normalized spacial score (nSPS) is 20.4. The lowest BCUT2D eigenvalue weighted by Gasteiger charge is -2.38. The smallest absolute Gasteiger partial charge is 0.305 e. The molecule has 14 heavy (non-hydrogen) atoms. The molecule has 0 aromatic carbocycles. The lowest BCUT2D eigenvalue weighted by molar-refractivity contribution is -0.385. The Kier molecular flexibility index (Phi) is 2.03. The zero-order valence-corrected chi connectivity index (χ0v) is 7.75. The first-order valence-corrected chi connectivity index (χ1v) is 4.41. The van der Waals surface area contributed by atoms with E-state index >= 15 is 0 Å². The number of aromatic nitrogens is 2. The van der Waals surface area contributed by atoms with Gasteiger partial charge in [0.1, 0.15) is 12.4 Å². The van der Waals surface area contributed by atoms with E-state index in [2.05, 4.69) is 16.9 Å². The second-order valence-corrected chi connectivity index (χ2v) is 3.33. The molecule has 2 heterocycles. The molecule has 0 aliphatic carbocycles. The number of hydrogen-bond acceptors (Lipinski definition) is 5. The van der Waals surface area contributed by atoms with Gasteiger partial charge in [0.15, 0.2) is 0 Å². The summed E-state index contributed by atoms with van der Waals surface area (Å²) < 4.78 is 0. The Hall–Kier alpha value is -1.72. The van der Waals surface area contributed by atoms with E-state index in [1.54, 1.807) is 0 Å². The average Bonchev–Trinajstić information content (AvgIpc) is 2.16. The lowest BCUT2D eigenvalue weighted by Crippen LogP contribution is -2.46. The van der Waals surface area contributed by atoms with E-state index in [1.807, 2.05) is 4.90 Å². The molecular weight excluding hydrogens is 184 g/mol. The molecule has 0 bridgehead atoms. The summed E-state index contributed by atoms with van der Waals surface area (Å²) in [5, 5.41) is 10.3. The van der Waals surface area contributed by atoms with Crippen molar-refractivity contribution in [3.05, 3.63) is 22.5 Å². The summed E-state index contributed by atoms with van der Waals surface area (Å²) in [6, 6.07) is 0.441. The van der Waals surface area contributed by atoms with Crippen LogP contribution in [-0.2, 0) is 0 Å². The zero-order chi connectivity index (χ0) is 10.1. The quantitative estimate of drug-likeness (QED) is 0.518. The van der Waals surface area contributed by atoms with E-state index in [0.29, 0.717) is 12.0 Å². The first-order chi connectivity index (χ1) is 6.68. The fraction of sp³-hybridized carbons (Fsp3) is 0.500. The number of nitrogens with zero attached hydrogens (tertiary/aromatic N) is 4. The Balaban J connectivity index is 2.17. The maximum Gasteiger partial charge on any atom is 0.305 e. The average molecular weight is 194 g/mol. The second kappa shape index (κ2) is 3.21. The molecule has 74 valence electrons. The zero-order valence-electron chi connectivity index (χ0n) is 7.75. The molecule has 0 unspecified atom stereocenters. The van der Waals surface area contributed by atoms with Crippen molar-refractivity contribution in [1.82, 2.24) is 9.97 Å². The van der Waals surface area contributed by atoms with Gasteiger partial charge in [-0.25, -0.2) is 9.97 Å². The van der Waals surface area contributed by atoms with Gasteiger partial charge in [-0.1, -0.05) is 0 Å². The maximum atomic E-state index is 10.3. The molecule has 1 aliphatic heterocycles. The van der Waals surface area contributed by atoms with Crippen molar-refractivity contribution in [2.24, 2.45) is 0 Å². The Bertz CT molecular complexity index is 351. The summed E-state index contributed by atoms with van der Waals surface area (Å²) >= 11 is 0. The van der Waals surface area contributed by atoms with Gasteiger partial charge in [0, 0.05) is 12.6 Å². The van der Waals surface area contributed by atoms with Crippen LogP contribution in [0.1, 0.15) is 13.3 Å². The second-order valence-electron chi connectivity index (χ2n) is 3.33. The molecule has 2 rings (SSSR count). The molecule has 0 saturated carbocycles. The maximum absolute atomic E-state index is 10.3. The Morgan fingerprint density at radius 3 is 2.57 bits per heavy atom. The predicted molar refractivity (Wildman–Crippen MR) is 50.1 cm³/mol. The van der Waals surface area contributed by atoms with Crippen LogP contribution in [0, 0.1) is 10.1 Å². The van der Waals surface area contributed by atoms with Crippen LogP contribution in [0.25, 0.3) is 0 Å². The third kappa shape index (κ3) is 1.39.